The van der Waals surface area contributed by atoms with Crippen molar-refractivity contribution in [2.75, 3.05) is 52.4 Å². The predicted octanol–water partition coefficient (Wildman–Crippen LogP) is 1.35. The third-order valence-corrected chi connectivity index (χ3v) is 5.50. The zero-order valence-corrected chi connectivity index (χ0v) is 12.4. The summed E-state index contributed by atoms with van der Waals surface area (Å²) in [5.74, 6) is 0.860. The lowest BCUT2D eigenvalue weighted by Gasteiger charge is -2.63. The standard InChI is InChI=1S/C15H29N3/c1-4-16-7-6-14(13(3)8-16)18-11-15(12-18)9-17(5-2)10-15/h13-14H,4-12H2,1-3H3/t13-,14?/m1/s1. The molecule has 1 unspecified atom stereocenters. The smallest absolute Gasteiger partial charge is 0.0212 e. The van der Waals surface area contributed by atoms with Gasteiger partial charge in [-0.15, -0.1) is 0 Å². The predicted molar refractivity (Wildman–Crippen MR) is 75.8 cm³/mol. The maximum Gasteiger partial charge on any atom is 0.0212 e. The quantitative estimate of drug-likeness (QED) is 0.750. The third kappa shape index (κ3) is 2.10. The average Bonchev–Trinajstić information content (AvgIpc) is 2.27. The molecule has 0 radical (unpaired) electrons. The Labute approximate surface area is 112 Å². The molecule has 3 fully saturated rings. The first-order valence-electron chi connectivity index (χ1n) is 7.84. The van der Waals surface area contributed by atoms with Crippen LogP contribution in [0.2, 0.25) is 0 Å². The lowest BCUT2D eigenvalue weighted by molar-refractivity contribution is -0.141. The van der Waals surface area contributed by atoms with Crippen molar-refractivity contribution >= 4 is 0 Å². The summed E-state index contributed by atoms with van der Waals surface area (Å²) in [7, 11) is 0. The second-order valence-electron chi connectivity index (χ2n) is 6.93. The zero-order valence-electron chi connectivity index (χ0n) is 12.4. The molecule has 0 N–H and O–H groups in total. The molecule has 3 rings (SSSR count). The largest absolute Gasteiger partial charge is 0.303 e. The second-order valence-corrected chi connectivity index (χ2v) is 6.93. The minimum atomic E-state index is 0.706. The van der Waals surface area contributed by atoms with E-state index in [1.807, 2.05) is 0 Å². The summed E-state index contributed by atoms with van der Waals surface area (Å²) < 4.78 is 0. The Morgan fingerprint density at radius 2 is 1.67 bits per heavy atom. The fourth-order valence-electron chi connectivity index (χ4n) is 4.43. The van der Waals surface area contributed by atoms with Crippen molar-refractivity contribution in [2.24, 2.45) is 11.3 Å². The van der Waals surface area contributed by atoms with Crippen molar-refractivity contribution in [1.82, 2.24) is 14.7 Å². The van der Waals surface area contributed by atoms with Gasteiger partial charge in [0.25, 0.3) is 0 Å². The summed E-state index contributed by atoms with van der Waals surface area (Å²) in [6.45, 7) is 17.6. The molecule has 0 amide bonds. The molecule has 0 aromatic carbocycles. The molecule has 104 valence electrons. The second kappa shape index (κ2) is 4.77. The molecule has 0 bridgehead atoms. The van der Waals surface area contributed by atoms with Crippen molar-refractivity contribution in [1.29, 1.82) is 0 Å². The first-order chi connectivity index (χ1) is 8.65. The van der Waals surface area contributed by atoms with E-state index in [-0.39, 0.29) is 0 Å². The van der Waals surface area contributed by atoms with Gasteiger partial charge in [-0.1, -0.05) is 20.8 Å². The maximum atomic E-state index is 2.78. The summed E-state index contributed by atoms with van der Waals surface area (Å²) >= 11 is 0. The molecule has 0 aromatic rings. The van der Waals surface area contributed by atoms with E-state index in [1.54, 1.807) is 0 Å². The van der Waals surface area contributed by atoms with Crippen LogP contribution in [-0.4, -0.2) is 73.1 Å². The van der Waals surface area contributed by atoms with E-state index in [0.717, 1.165) is 12.0 Å². The van der Waals surface area contributed by atoms with Crippen LogP contribution < -0.4 is 0 Å². The first kappa shape index (κ1) is 12.9. The van der Waals surface area contributed by atoms with Gasteiger partial charge in [-0.2, -0.15) is 0 Å². The van der Waals surface area contributed by atoms with E-state index in [0.29, 0.717) is 5.41 Å². The van der Waals surface area contributed by atoms with Gasteiger partial charge in [-0.3, -0.25) is 4.90 Å². The molecule has 3 aliphatic rings. The Balaban J connectivity index is 1.47. The van der Waals surface area contributed by atoms with Crippen LogP contribution in [0.3, 0.4) is 0 Å². The molecule has 3 heterocycles. The monoisotopic (exact) mass is 251 g/mol. The molecule has 3 aliphatic heterocycles. The molecular weight excluding hydrogens is 222 g/mol. The third-order valence-electron chi connectivity index (χ3n) is 5.50. The van der Waals surface area contributed by atoms with Crippen molar-refractivity contribution < 1.29 is 0 Å². The van der Waals surface area contributed by atoms with Gasteiger partial charge in [0.2, 0.25) is 0 Å². The van der Waals surface area contributed by atoms with E-state index in [4.69, 9.17) is 0 Å². The van der Waals surface area contributed by atoms with E-state index in [2.05, 4.69) is 35.5 Å². The van der Waals surface area contributed by atoms with Crippen molar-refractivity contribution in [3.05, 3.63) is 0 Å². The van der Waals surface area contributed by atoms with Crippen LogP contribution in [0.5, 0.6) is 0 Å². The van der Waals surface area contributed by atoms with Gasteiger partial charge in [-0.25, -0.2) is 0 Å². The van der Waals surface area contributed by atoms with Gasteiger partial charge in [0, 0.05) is 44.2 Å². The summed E-state index contributed by atoms with van der Waals surface area (Å²) in [5.41, 5.74) is 0.706. The fraction of sp³-hybridized carbons (Fsp3) is 1.00. The summed E-state index contributed by atoms with van der Waals surface area (Å²) in [5, 5.41) is 0. The van der Waals surface area contributed by atoms with Gasteiger partial charge >= 0.3 is 0 Å². The lowest BCUT2D eigenvalue weighted by atomic mass is 9.71. The number of hydrogen-bond donors (Lipinski definition) is 0. The van der Waals surface area contributed by atoms with Gasteiger partial charge in [0.05, 0.1) is 0 Å². The molecular formula is C15H29N3. The molecule has 3 heteroatoms. The number of hydrogen-bond acceptors (Lipinski definition) is 3. The molecule has 2 atom stereocenters. The van der Waals surface area contributed by atoms with Crippen LogP contribution in [0.15, 0.2) is 0 Å². The van der Waals surface area contributed by atoms with Crippen LogP contribution in [0.25, 0.3) is 0 Å². The summed E-state index contributed by atoms with van der Waals surface area (Å²) in [6.07, 6.45) is 1.39. The van der Waals surface area contributed by atoms with Crippen LogP contribution in [0.1, 0.15) is 27.2 Å². The van der Waals surface area contributed by atoms with Gasteiger partial charge in [0.1, 0.15) is 0 Å². The SMILES string of the molecule is CCN1CCC(N2CC3(CN(CC)C3)C2)[C@H](C)C1. The van der Waals surface area contributed by atoms with Crippen molar-refractivity contribution in [3.63, 3.8) is 0 Å². The van der Waals surface area contributed by atoms with Gasteiger partial charge in [0.15, 0.2) is 0 Å². The highest BCUT2D eigenvalue weighted by Gasteiger charge is 2.53. The highest BCUT2D eigenvalue weighted by Crippen LogP contribution is 2.42. The number of nitrogens with zero attached hydrogens (tertiary/aromatic N) is 3. The van der Waals surface area contributed by atoms with E-state index >= 15 is 0 Å². The Kier molecular flexibility index (Phi) is 3.41. The van der Waals surface area contributed by atoms with Crippen LogP contribution >= 0.6 is 0 Å². The van der Waals surface area contributed by atoms with E-state index in [1.165, 1.54) is 58.8 Å². The number of rotatable bonds is 3. The Bertz CT molecular complexity index is 290. The topological polar surface area (TPSA) is 9.72 Å². The first-order valence-corrected chi connectivity index (χ1v) is 7.84. The van der Waals surface area contributed by atoms with Crippen LogP contribution in [0.4, 0.5) is 0 Å². The van der Waals surface area contributed by atoms with Gasteiger partial charge in [-0.05, 0) is 32.0 Å². The Hall–Kier alpha value is -0.120. The molecule has 18 heavy (non-hydrogen) atoms. The fourth-order valence-corrected chi connectivity index (χ4v) is 4.43. The maximum absolute atomic E-state index is 2.78. The van der Waals surface area contributed by atoms with Gasteiger partial charge < -0.3 is 9.80 Å². The summed E-state index contributed by atoms with van der Waals surface area (Å²) in [4.78, 5) is 7.98. The summed E-state index contributed by atoms with van der Waals surface area (Å²) in [6, 6.07) is 0.870. The minimum absolute atomic E-state index is 0.706. The Morgan fingerprint density at radius 1 is 1.00 bits per heavy atom. The minimum Gasteiger partial charge on any atom is -0.303 e. The van der Waals surface area contributed by atoms with Crippen LogP contribution in [0, 0.1) is 11.3 Å². The molecule has 3 nitrogen and oxygen atoms in total. The van der Waals surface area contributed by atoms with Crippen molar-refractivity contribution in [2.45, 2.75) is 33.2 Å². The zero-order chi connectivity index (χ0) is 12.8. The molecule has 0 aliphatic carbocycles. The lowest BCUT2D eigenvalue weighted by Crippen LogP contribution is -2.74. The molecule has 3 saturated heterocycles. The average molecular weight is 251 g/mol. The van der Waals surface area contributed by atoms with Crippen LogP contribution in [-0.2, 0) is 0 Å². The normalized spacial score (nSPS) is 37.5. The highest BCUT2D eigenvalue weighted by atomic mass is 15.3. The molecule has 0 saturated carbocycles. The highest BCUT2D eigenvalue weighted by molar-refractivity contribution is 5.07. The van der Waals surface area contributed by atoms with E-state index in [9.17, 15) is 0 Å². The Morgan fingerprint density at radius 3 is 2.22 bits per heavy atom. The van der Waals surface area contributed by atoms with E-state index < -0.39 is 0 Å². The van der Waals surface area contributed by atoms with Crippen molar-refractivity contribution in [3.8, 4) is 0 Å². The molecule has 1 spiro atoms. The number of likely N-dealkylation sites (tertiary alicyclic amines) is 3. The number of piperidine rings is 1. The molecule has 0 aromatic heterocycles.